The molecule has 2 aromatic heterocycles. The van der Waals surface area contributed by atoms with Crippen molar-refractivity contribution in [1.82, 2.24) is 15.0 Å². The number of hydrogen-bond donors (Lipinski definition) is 0. The molecule has 1 aliphatic rings. The number of benzene rings is 6. The average molecular weight is 578 g/mol. The van der Waals surface area contributed by atoms with Crippen molar-refractivity contribution in [3.05, 3.63) is 145 Å². The van der Waals surface area contributed by atoms with Crippen molar-refractivity contribution >= 4 is 49.1 Å². The van der Waals surface area contributed by atoms with Gasteiger partial charge in [-0.25, -0.2) is 15.0 Å². The van der Waals surface area contributed by atoms with E-state index in [0.29, 0.717) is 17.5 Å². The van der Waals surface area contributed by atoms with Gasteiger partial charge in [0.25, 0.3) is 0 Å². The summed E-state index contributed by atoms with van der Waals surface area (Å²) in [6.45, 7) is 0. The topological polar surface area (TPSA) is 51.8 Å². The van der Waals surface area contributed by atoms with Crippen molar-refractivity contribution in [2.24, 2.45) is 0 Å². The van der Waals surface area contributed by atoms with E-state index in [1.165, 1.54) is 16.3 Å². The fraction of sp³-hybridized carbons (Fsp3) is 0.0488. The van der Waals surface area contributed by atoms with E-state index in [4.69, 9.17) is 19.4 Å². The lowest BCUT2D eigenvalue weighted by Gasteiger charge is -2.13. The van der Waals surface area contributed by atoms with Crippen molar-refractivity contribution < 1.29 is 4.42 Å². The third kappa shape index (κ3) is 4.26. The minimum Gasteiger partial charge on any atom is -0.455 e. The van der Waals surface area contributed by atoms with Gasteiger partial charge in [0.1, 0.15) is 11.2 Å². The summed E-state index contributed by atoms with van der Waals surface area (Å²) in [4.78, 5) is 15.4. The summed E-state index contributed by atoms with van der Waals surface area (Å²) in [5, 5.41) is 6.73. The molecule has 0 unspecified atom stereocenters. The molecule has 4 heteroatoms. The largest absolute Gasteiger partial charge is 0.455 e. The molecule has 0 atom stereocenters. The predicted octanol–water partition coefficient (Wildman–Crippen LogP) is 10.8. The SMILES string of the molecule is C1=CCCC(c2cccc3c2oc2cccc(-c4nc(-c5ccccc5)nc(-c5cc6ccccc6c6ccccc56)n4)c23)=C1. The van der Waals surface area contributed by atoms with Gasteiger partial charge in [-0.1, -0.05) is 127 Å². The van der Waals surface area contributed by atoms with Gasteiger partial charge in [0.05, 0.1) is 0 Å². The number of fused-ring (bicyclic) bond motifs is 6. The molecule has 1 aliphatic carbocycles. The zero-order chi connectivity index (χ0) is 29.7. The fourth-order valence-electron chi connectivity index (χ4n) is 6.69. The van der Waals surface area contributed by atoms with E-state index in [0.717, 1.165) is 67.8 Å². The maximum Gasteiger partial charge on any atom is 0.164 e. The summed E-state index contributed by atoms with van der Waals surface area (Å²) in [6, 6.07) is 41.9. The third-order valence-corrected chi connectivity index (χ3v) is 8.80. The van der Waals surface area contributed by atoms with Crippen LogP contribution in [0.25, 0.3) is 83.2 Å². The Labute approximate surface area is 260 Å². The number of para-hydroxylation sites is 1. The Bertz CT molecular complexity index is 2490. The molecular formula is C41H27N3O. The maximum atomic E-state index is 6.60. The third-order valence-electron chi connectivity index (χ3n) is 8.80. The van der Waals surface area contributed by atoms with Crippen molar-refractivity contribution in [3.63, 3.8) is 0 Å². The minimum absolute atomic E-state index is 0.620. The molecule has 0 amide bonds. The van der Waals surface area contributed by atoms with E-state index in [2.05, 4.69) is 97.1 Å². The Balaban J connectivity index is 1.33. The summed E-state index contributed by atoms with van der Waals surface area (Å²) in [5.74, 6) is 1.90. The molecule has 0 fully saturated rings. The standard InChI is InChI=1S/C41H27N3O/c1-3-13-26(14-4-1)30-21-11-22-33-37-34(23-12-24-36(37)45-38(30)33)40-42-39(27-15-5-2-6-16-27)43-41(44-40)35-25-28-17-7-8-18-29(28)31-19-9-10-20-32(31)35/h1-3,5-13,15-25H,4,14H2. The predicted molar refractivity (Wildman–Crippen MR) is 185 cm³/mol. The number of allylic oxidation sites excluding steroid dienone is 4. The lowest BCUT2D eigenvalue weighted by atomic mass is 9.95. The highest BCUT2D eigenvalue weighted by molar-refractivity contribution is 6.15. The van der Waals surface area contributed by atoms with E-state index >= 15 is 0 Å². The lowest BCUT2D eigenvalue weighted by Crippen LogP contribution is -2.01. The quantitative estimate of drug-likeness (QED) is 0.195. The number of rotatable bonds is 4. The van der Waals surface area contributed by atoms with E-state index < -0.39 is 0 Å². The summed E-state index contributed by atoms with van der Waals surface area (Å²) in [7, 11) is 0. The first-order valence-corrected chi connectivity index (χ1v) is 15.3. The van der Waals surface area contributed by atoms with Crippen LogP contribution in [0, 0.1) is 0 Å². The number of furan rings is 1. The first kappa shape index (κ1) is 25.6. The Kier molecular flexibility index (Phi) is 5.91. The fourth-order valence-corrected chi connectivity index (χ4v) is 6.69. The Hall–Kier alpha value is -5.87. The van der Waals surface area contributed by atoms with Crippen LogP contribution in [0.3, 0.4) is 0 Å². The second-order valence-electron chi connectivity index (χ2n) is 11.5. The molecule has 0 bridgehead atoms. The van der Waals surface area contributed by atoms with Crippen LogP contribution >= 0.6 is 0 Å². The van der Waals surface area contributed by atoms with Crippen LogP contribution in [-0.2, 0) is 0 Å². The highest BCUT2D eigenvalue weighted by Gasteiger charge is 2.21. The zero-order valence-corrected chi connectivity index (χ0v) is 24.4. The zero-order valence-electron chi connectivity index (χ0n) is 24.4. The number of nitrogens with zero attached hydrogens (tertiary/aromatic N) is 3. The number of aromatic nitrogens is 3. The van der Waals surface area contributed by atoms with E-state index in [-0.39, 0.29) is 0 Å². The monoisotopic (exact) mass is 577 g/mol. The molecule has 0 N–H and O–H groups in total. The highest BCUT2D eigenvalue weighted by Crippen LogP contribution is 2.41. The molecule has 8 aromatic rings. The van der Waals surface area contributed by atoms with Gasteiger partial charge in [-0.05, 0) is 52.1 Å². The Morgan fingerprint density at radius 2 is 1.22 bits per heavy atom. The molecule has 0 saturated heterocycles. The van der Waals surface area contributed by atoms with E-state index in [1.54, 1.807) is 0 Å². The van der Waals surface area contributed by atoms with Crippen LogP contribution in [0.2, 0.25) is 0 Å². The van der Waals surface area contributed by atoms with Crippen LogP contribution in [0.5, 0.6) is 0 Å². The normalized spacial score (nSPS) is 13.2. The van der Waals surface area contributed by atoms with Crippen LogP contribution in [0.1, 0.15) is 18.4 Å². The molecule has 0 radical (unpaired) electrons. The van der Waals surface area contributed by atoms with Gasteiger partial charge in [-0.2, -0.15) is 0 Å². The summed E-state index contributed by atoms with van der Waals surface area (Å²) >= 11 is 0. The van der Waals surface area contributed by atoms with Crippen LogP contribution in [-0.4, -0.2) is 15.0 Å². The van der Waals surface area contributed by atoms with Gasteiger partial charge >= 0.3 is 0 Å². The maximum absolute atomic E-state index is 6.60. The molecule has 212 valence electrons. The Morgan fingerprint density at radius 3 is 2.07 bits per heavy atom. The first-order valence-electron chi connectivity index (χ1n) is 15.3. The van der Waals surface area contributed by atoms with Crippen molar-refractivity contribution in [2.75, 3.05) is 0 Å². The van der Waals surface area contributed by atoms with Gasteiger partial charge < -0.3 is 4.42 Å². The highest BCUT2D eigenvalue weighted by atomic mass is 16.3. The van der Waals surface area contributed by atoms with E-state index in [9.17, 15) is 0 Å². The van der Waals surface area contributed by atoms with Gasteiger partial charge in [0, 0.05) is 33.0 Å². The van der Waals surface area contributed by atoms with Crippen molar-refractivity contribution in [1.29, 1.82) is 0 Å². The molecular weight excluding hydrogens is 550 g/mol. The van der Waals surface area contributed by atoms with Crippen LogP contribution in [0.4, 0.5) is 0 Å². The second kappa shape index (κ2) is 10.4. The van der Waals surface area contributed by atoms with Crippen LogP contribution in [0.15, 0.2) is 144 Å². The molecule has 0 spiro atoms. The molecule has 4 nitrogen and oxygen atoms in total. The molecule has 0 saturated carbocycles. The molecule has 45 heavy (non-hydrogen) atoms. The molecule has 0 aliphatic heterocycles. The van der Waals surface area contributed by atoms with Crippen molar-refractivity contribution in [3.8, 4) is 34.2 Å². The molecule has 6 aromatic carbocycles. The van der Waals surface area contributed by atoms with Gasteiger partial charge in [-0.15, -0.1) is 0 Å². The van der Waals surface area contributed by atoms with Gasteiger partial charge in [0.15, 0.2) is 17.5 Å². The average Bonchev–Trinajstić information content (AvgIpc) is 3.51. The first-order chi connectivity index (χ1) is 22.3. The van der Waals surface area contributed by atoms with Gasteiger partial charge in [-0.3, -0.25) is 0 Å². The van der Waals surface area contributed by atoms with E-state index in [1.807, 2.05) is 42.5 Å². The minimum atomic E-state index is 0.620. The molecule has 2 heterocycles. The summed E-state index contributed by atoms with van der Waals surface area (Å²) in [5.41, 5.74) is 7.00. The van der Waals surface area contributed by atoms with Crippen LogP contribution < -0.4 is 0 Å². The summed E-state index contributed by atoms with van der Waals surface area (Å²) in [6.07, 6.45) is 8.58. The molecule has 9 rings (SSSR count). The number of hydrogen-bond acceptors (Lipinski definition) is 4. The summed E-state index contributed by atoms with van der Waals surface area (Å²) < 4.78 is 6.60. The lowest BCUT2D eigenvalue weighted by molar-refractivity contribution is 0.667. The smallest absolute Gasteiger partial charge is 0.164 e. The van der Waals surface area contributed by atoms with Gasteiger partial charge in [0.2, 0.25) is 0 Å². The van der Waals surface area contributed by atoms with Crippen molar-refractivity contribution in [2.45, 2.75) is 12.8 Å². The second-order valence-corrected chi connectivity index (χ2v) is 11.5. The Morgan fingerprint density at radius 1 is 0.533 bits per heavy atom.